The van der Waals surface area contributed by atoms with E-state index in [0.29, 0.717) is 19.4 Å². The molecule has 3 atom stereocenters. The average Bonchev–Trinajstić information content (AvgIpc) is 3.21. The van der Waals surface area contributed by atoms with E-state index < -0.39 is 6.04 Å². The van der Waals surface area contributed by atoms with Gasteiger partial charge in [-0.25, -0.2) is 0 Å². The molecule has 2 fully saturated rings. The number of fused-ring (bicyclic) bond motifs is 1. The molecule has 6 nitrogen and oxygen atoms in total. The first-order valence-electron chi connectivity index (χ1n) is 11.3. The van der Waals surface area contributed by atoms with Crippen LogP contribution < -0.4 is 15.4 Å². The molecule has 4 rings (SSSR count). The third-order valence-electron chi connectivity index (χ3n) is 6.52. The van der Waals surface area contributed by atoms with Gasteiger partial charge in [-0.2, -0.15) is 0 Å². The molecule has 2 aromatic carbocycles. The second-order valence-electron chi connectivity index (χ2n) is 9.88. The van der Waals surface area contributed by atoms with Gasteiger partial charge in [0.15, 0.2) is 0 Å². The topological polar surface area (TPSA) is 70.7 Å². The number of benzene rings is 2. The second kappa shape index (κ2) is 8.94. The van der Waals surface area contributed by atoms with E-state index in [4.69, 9.17) is 4.74 Å². The highest BCUT2D eigenvalue weighted by Gasteiger charge is 2.46. The molecule has 2 aliphatic heterocycles. The lowest BCUT2D eigenvalue weighted by Crippen LogP contribution is -2.61. The Labute approximate surface area is 190 Å². The maximum atomic E-state index is 13.1. The Morgan fingerprint density at radius 1 is 1.03 bits per heavy atom. The van der Waals surface area contributed by atoms with Crippen LogP contribution in [-0.2, 0) is 28.0 Å². The largest absolute Gasteiger partial charge is 0.497 e. The van der Waals surface area contributed by atoms with E-state index in [0.717, 1.165) is 17.9 Å². The smallest absolute Gasteiger partial charge is 0.246 e. The number of amides is 2. The molecule has 0 bridgehead atoms. The molecule has 0 unspecified atom stereocenters. The molecule has 0 spiro atoms. The van der Waals surface area contributed by atoms with E-state index in [1.165, 1.54) is 11.1 Å². The fourth-order valence-corrected chi connectivity index (χ4v) is 4.53. The van der Waals surface area contributed by atoms with E-state index in [1.54, 1.807) is 12.0 Å². The zero-order chi connectivity index (χ0) is 22.9. The van der Waals surface area contributed by atoms with Crippen molar-refractivity contribution < 1.29 is 14.3 Å². The van der Waals surface area contributed by atoms with Crippen LogP contribution in [0.25, 0.3) is 0 Å². The Morgan fingerprint density at radius 3 is 2.31 bits per heavy atom. The number of hydrogen-bond acceptors (Lipinski definition) is 4. The van der Waals surface area contributed by atoms with Crippen LogP contribution >= 0.6 is 0 Å². The lowest BCUT2D eigenvalue weighted by Gasteiger charge is -2.34. The molecule has 0 saturated carbocycles. The second-order valence-corrected chi connectivity index (χ2v) is 9.88. The zero-order valence-electron chi connectivity index (χ0n) is 19.4. The molecular formula is C26H33N3O3. The molecule has 0 radical (unpaired) electrons. The van der Waals surface area contributed by atoms with E-state index in [9.17, 15) is 9.59 Å². The molecule has 32 heavy (non-hydrogen) atoms. The quantitative estimate of drug-likeness (QED) is 0.732. The highest BCUT2D eigenvalue weighted by atomic mass is 16.5. The molecule has 0 aromatic heterocycles. The molecule has 6 heteroatoms. The van der Waals surface area contributed by atoms with Gasteiger partial charge in [-0.1, -0.05) is 57.2 Å². The van der Waals surface area contributed by atoms with Crippen LogP contribution in [0.1, 0.15) is 43.9 Å². The minimum Gasteiger partial charge on any atom is -0.497 e. The average molecular weight is 436 g/mol. The molecule has 2 saturated heterocycles. The monoisotopic (exact) mass is 435 g/mol. The minimum absolute atomic E-state index is 0.00393. The summed E-state index contributed by atoms with van der Waals surface area (Å²) in [4.78, 5) is 27.6. The van der Waals surface area contributed by atoms with Gasteiger partial charge in [-0.15, -0.1) is 0 Å². The predicted molar refractivity (Wildman–Crippen MR) is 125 cm³/mol. The van der Waals surface area contributed by atoms with Crippen molar-refractivity contribution in [2.24, 2.45) is 0 Å². The first-order valence-corrected chi connectivity index (χ1v) is 11.3. The van der Waals surface area contributed by atoms with Crippen LogP contribution in [0, 0.1) is 0 Å². The number of carbonyl (C=O) groups is 2. The van der Waals surface area contributed by atoms with Crippen LogP contribution in [-0.4, -0.2) is 48.5 Å². The number of hydrogen-bond donors (Lipinski definition) is 2. The molecule has 2 aromatic rings. The van der Waals surface area contributed by atoms with Crippen LogP contribution in [0.5, 0.6) is 5.75 Å². The van der Waals surface area contributed by atoms with Gasteiger partial charge in [0, 0.05) is 25.6 Å². The van der Waals surface area contributed by atoms with Gasteiger partial charge in [-0.05, 0) is 40.7 Å². The van der Waals surface area contributed by atoms with Crippen molar-refractivity contribution in [3.8, 4) is 5.75 Å². The van der Waals surface area contributed by atoms with Crippen molar-refractivity contribution in [1.82, 2.24) is 15.5 Å². The Kier molecular flexibility index (Phi) is 6.24. The van der Waals surface area contributed by atoms with Crippen LogP contribution in [0.4, 0.5) is 0 Å². The number of rotatable bonds is 6. The number of methoxy groups -OCH3 is 1. The first kappa shape index (κ1) is 22.3. The summed E-state index contributed by atoms with van der Waals surface area (Å²) in [7, 11) is 1.62. The summed E-state index contributed by atoms with van der Waals surface area (Å²) >= 11 is 0. The summed E-state index contributed by atoms with van der Waals surface area (Å²) in [5, 5.41) is 6.48. The fraction of sp³-hybridized carbons (Fsp3) is 0.462. The summed E-state index contributed by atoms with van der Waals surface area (Å²) in [6.45, 7) is 7.91. The van der Waals surface area contributed by atoms with Crippen molar-refractivity contribution in [3.63, 3.8) is 0 Å². The highest BCUT2D eigenvalue weighted by molar-refractivity contribution is 5.97. The fourth-order valence-electron chi connectivity index (χ4n) is 4.53. The zero-order valence-corrected chi connectivity index (χ0v) is 19.4. The Morgan fingerprint density at radius 2 is 1.69 bits per heavy atom. The molecule has 0 aliphatic carbocycles. The molecule has 2 heterocycles. The van der Waals surface area contributed by atoms with Crippen LogP contribution in [0.3, 0.4) is 0 Å². The van der Waals surface area contributed by atoms with E-state index in [-0.39, 0.29) is 29.3 Å². The highest BCUT2D eigenvalue weighted by Crippen LogP contribution is 2.25. The Bertz CT molecular complexity index is 963. The maximum absolute atomic E-state index is 13.1. The summed E-state index contributed by atoms with van der Waals surface area (Å²) in [6, 6.07) is 15.5. The van der Waals surface area contributed by atoms with E-state index in [2.05, 4.69) is 55.7 Å². The maximum Gasteiger partial charge on any atom is 0.246 e. The summed E-state index contributed by atoms with van der Waals surface area (Å²) in [5.41, 5.74) is 3.65. The van der Waals surface area contributed by atoms with Gasteiger partial charge >= 0.3 is 0 Å². The third kappa shape index (κ3) is 4.80. The SMILES string of the molecule is COc1ccc(C[C@@H]2NC(=O)[C@@H]3C[C@H](NCc4ccc(C(C)(C)C)cc4)CN3C2=O)cc1. The molecule has 2 aliphatic rings. The normalized spacial score (nSPS) is 23.1. The summed E-state index contributed by atoms with van der Waals surface area (Å²) in [6.07, 6.45) is 1.13. The first-order chi connectivity index (χ1) is 15.2. The standard InChI is InChI=1S/C26H33N3O3/c1-26(2,3)19-9-5-18(6-10-19)15-27-20-14-23-24(30)28-22(25(31)29(23)16-20)13-17-7-11-21(32-4)12-8-17/h5-12,20,22-23,27H,13-16H2,1-4H3,(H,28,30)/t20-,22-,23-/m0/s1. The van der Waals surface area contributed by atoms with Gasteiger partial charge < -0.3 is 20.3 Å². The van der Waals surface area contributed by atoms with Gasteiger partial charge in [0.25, 0.3) is 0 Å². The minimum atomic E-state index is -0.518. The number of nitrogens with one attached hydrogen (secondary N) is 2. The van der Waals surface area contributed by atoms with Crippen molar-refractivity contribution >= 4 is 11.8 Å². The van der Waals surface area contributed by atoms with Gasteiger partial charge in [0.1, 0.15) is 17.8 Å². The number of nitrogens with zero attached hydrogens (tertiary/aromatic N) is 1. The summed E-state index contributed by atoms with van der Waals surface area (Å²) < 4.78 is 5.19. The molecular weight excluding hydrogens is 402 g/mol. The van der Waals surface area contributed by atoms with Crippen molar-refractivity contribution in [1.29, 1.82) is 0 Å². The molecule has 170 valence electrons. The van der Waals surface area contributed by atoms with Crippen molar-refractivity contribution in [3.05, 3.63) is 65.2 Å². The molecule has 2 amide bonds. The lowest BCUT2D eigenvalue weighted by molar-refractivity contribution is -0.147. The van der Waals surface area contributed by atoms with Crippen LogP contribution in [0.2, 0.25) is 0 Å². The van der Waals surface area contributed by atoms with E-state index >= 15 is 0 Å². The van der Waals surface area contributed by atoms with Gasteiger partial charge in [0.05, 0.1) is 7.11 Å². The summed E-state index contributed by atoms with van der Waals surface area (Å²) in [5.74, 6) is 0.723. The molecule has 2 N–H and O–H groups in total. The van der Waals surface area contributed by atoms with Crippen LogP contribution in [0.15, 0.2) is 48.5 Å². The Balaban J connectivity index is 1.35. The van der Waals surface area contributed by atoms with Gasteiger partial charge in [0.2, 0.25) is 11.8 Å². The van der Waals surface area contributed by atoms with Crippen molar-refractivity contribution in [2.45, 2.75) is 63.7 Å². The van der Waals surface area contributed by atoms with E-state index in [1.807, 2.05) is 24.3 Å². The third-order valence-corrected chi connectivity index (χ3v) is 6.52. The lowest BCUT2D eigenvalue weighted by atomic mass is 9.87. The number of carbonyl (C=O) groups excluding carboxylic acids is 2. The van der Waals surface area contributed by atoms with Crippen molar-refractivity contribution in [2.75, 3.05) is 13.7 Å². The number of ether oxygens (including phenoxy) is 1. The predicted octanol–water partition coefficient (Wildman–Crippen LogP) is 2.79. The number of piperazine rings is 1. The van der Waals surface area contributed by atoms with Gasteiger partial charge in [-0.3, -0.25) is 9.59 Å². The Hall–Kier alpha value is -2.86.